The van der Waals surface area contributed by atoms with Gasteiger partial charge in [-0.15, -0.1) is 0 Å². The first-order chi connectivity index (χ1) is 9.24. The van der Waals surface area contributed by atoms with E-state index in [2.05, 4.69) is 10.3 Å². The zero-order valence-corrected chi connectivity index (χ0v) is 10.5. The first-order valence-corrected chi connectivity index (χ1v) is 6.43. The minimum Gasteiger partial charge on any atom is -0.383 e. The van der Waals surface area contributed by atoms with Crippen molar-refractivity contribution in [2.45, 2.75) is 12.5 Å². The summed E-state index contributed by atoms with van der Waals surface area (Å²) in [5.74, 6) is -0.0371. The molecule has 0 unspecified atom stereocenters. The lowest BCUT2D eigenvalue weighted by Gasteiger charge is -2.30. The molecule has 1 aromatic heterocycles. The summed E-state index contributed by atoms with van der Waals surface area (Å²) >= 11 is 0. The molecule has 3 nitrogen and oxygen atoms in total. The maximum Gasteiger partial charge on any atom is 0.143 e. The van der Waals surface area contributed by atoms with Gasteiger partial charge in [0.1, 0.15) is 5.82 Å². The van der Waals surface area contributed by atoms with Gasteiger partial charge >= 0.3 is 0 Å². The summed E-state index contributed by atoms with van der Waals surface area (Å²) in [5, 5.41) is 3.22. The molecule has 0 saturated heterocycles. The molecule has 19 heavy (non-hydrogen) atoms. The molecule has 2 heterocycles. The molecule has 4 heteroatoms. The van der Waals surface area contributed by atoms with E-state index in [1.165, 1.54) is 12.3 Å². The van der Waals surface area contributed by atoms with E-state index >= 15 is 0 Å². The summed E-state index contributed by atoms with van der Waals surface area (Å²) in [6.07, 6.45) is 2.04. The number of nitrogens with one attached hydrogen (secondary N) is 1. The minimum absolute atomic E-state index is 0.0336. The fourth-order valence-electron chi connectivity index (χ4n) is 2.55. The highest BCUT2D eigenvalue weighted by Crippen LogP contribution is 2.29. The van der Waals surface area contributed by atoms with E-state index in [1.54, 1.807) is 0 Å². The van der Waals surface area contributed by atoms with E-state index in [0.717, 1.165) is 29.9 Å². The zero-order valence-electron chi connectivity index (χ0n) is 10.5. The Balaban J connectivity index is 1.80. The maximum atomic E-state index is 13.1. The molecule has 3 rings (SSSR count). The zero-order chi connectivity index (χ0) is 13.2. The molecular weight excluding hydrogens is 241 g/mol. The highest BCUT2D eigenvalue weighted by molar-refractivity contribution is 5.50. The van der Waals surface area contributed by atoms with Crippen LogP contribution in [0.5, 0.6) is 0 Å². The van der Waals surface area contributed by atoms with Gasteiger partial charge in [-0.05, 0) is 12.0 Å². The third-order valence-electron chi connectivity index (χ3n) is 3.64. The number of nitrogens with zero attached hydrogens (tertiary/aromatic N) is 1. The summed E-state index contributed by atoms with van der Waals surface area (Å²) in [4.78, 5) is 4.15. The van der Waals surface area contributed by atoms with Crippen LogP contribution >= 0.6 is 0 Å². The van der Waals surface area contributed by atoms with Crippen LogP contribution in [0.25, 0.3) is 0 Å². The van der Waals surface area contributed by atoms with E-state index in [9.17, 15) is 4.39 Å². The third kappa shape index (κ3) is 2.44. The number of hydrogen-bond donors (Lipinski definition) is 2. The summed E-state index contributed by atoms with van der Waals surface area (Å²) < 4.78 is 13.1. The second-order valence-electron chi connectivity index (χ2n) is 4.93. The smallest absolute Gasteiger partial charge is 0.143 e. The van der Waals surface area contributed by atoms with Crippen LogP contribution in [0.3, 0.4) is 0 Å². The van der Waals surface area contributed by atoms with Crippen LogP contribution in [-0.2, 0) is 6.42 Å². The number of benzene rings is 1. The predicted octanol–water partition coefficient (Wildman–Crippen LogP) is 2.50. The van der Waals surface area contributed by atoms with Gasteiger partial charge in [-0.3, -0.25) is 4.98 Å². The van der Waals surface area contributed by atoms with Crippen LogP contribution in [-0.4, -0.2) is 11.5 Å². The third-order valence-corrected chi connectivity index (χ3v) is 3.64. The Hall–Kier alpha value is -1.94. The predicted molar refractivity (Wildman–Crippen MR) is 73.2 cm³/mol. The van der Waals surface area contributed by atoms with Crippen LogP contribution in [0.1, 0.15) is 17.3 Å². The van der Waals surface area contributed by atoms with Crippen molar-refractivity contribution in [3.8, 4) is 0 Å². The fraction of sp³-hybridized carbons (Fsp3) is 0.267. The second-order valence-corrected chi connectivity index (χ2v) is 4.93. The summed E-state index contributed by atoms with van der Waals surface area (Å²) in [5.41, 5.74) is 9.12. The molecular formula is C15H16FN3. The van der Waals surface area contributed by atoms with Crippen molar-refractivity contribution >= 4 is 5.69 Å². The van der Waals surface area contributed by atoms with E-state index in [-0.39, 0.29) is 17.8 Å². The highest BCUT2D eigenvalue weighted by atomic mass is 19.1. The number of pyridine rings is 1. The molecule has 1 aliphatic rings. The number of fused-ring (bicyclic) bond motifs is 1. The number of anilines is 1. The van der Waals surface area contributed by atoms with Gasteiger partial charge in [-0.1, -0.05) is 30.3 Å². The second kappa shape index (κ2) is 4.97. The fourth-order valence-corrected chi connectivity index (χ4v) is 2.55. The van der Waals surface area contributed by atoms with Crippen molar-refractivity contribution in [3.63, 3.8) is 0 Å². The number of rotatable bonds is 2. The van der Waals surface area contributed by atoms with Gasteiger partial charge in [-0.25, -0.2) is 4.39 Å². The van der Waals surface area contributed by atoms with Gasteiger partial charge < -0.3 is 11.1 Å². The first-order valence-electron chi connectivity index (χ1n) is 6.43. The van der Waals surface area contributed by atoms with Gasteiger partial charge in [0.25, 0.3) is 0 Å². The summed E-state index contributed by atoms with van der Waals surface area (Å²) in [6.45, 7) is 0.744. The van der Waals surface area contributed by atoms with Crippen molar-refractivity contribution in [3.05, 3.63) is 59.7 Å². The molecule has 0 radical (unpaired) electrons. The van der Waals surface area contributed by atoms with Crippen molar-refractivity contribution in [2.24, 2.45) is 11.7 Å². The lowest BCUT2D eigenvalue weighted by atomic mass is 9.87. The van der Waals surface area contributed by atoms with Gasteiger partial charge in [0.15, 0.2) is 0 Å². The van der Waals surface area contributed by atoms with Crippen molar-refractivity contribution in [1.29, 1.82) is 0 Å². The number of nitrogens with two attached hydrogens (primary N) is 1. The standard InChI is InChI=1S/C15H16FN3/c16-12-7-14-13(19-9-12)6-11(8-18-14)15(17)10-4-2-1-3-5-10/h1-5,7,9,11,15,18H,6,8,17H2/t11-,15-/m1/s1. The largest absolute Gasteiger partial charge is 0.383 e. The molecule has 2 atom stereocenters. The average molecular weight is 257 g/mol. The lowest BCUT2D eigenvalue weighted by Crippen LogP contribution is -2.33. The maximum absolute atomic E-state index is 13.1. The Morgan fingerprint density at radius 2 is 2.11 bits per heavy atom. The molecule has 1 aliphatic heterocycles. The van der Waals surface area contributed by atoms with Crippen LogP contribution in [0.2, 0.25) is 0 Å². The molecule has 98 valence electrons. The molecule has 0 fully saturated rings. The SMILES string of the molecule is N[C@H](c1ccccc1)[C@H]1CNc2cc(F)cnc2C1. The molecule has 0 bridgehead atoms. The van der Waals surface area contributed by atoms with Crippen LogP contribution in [0.4, 0.5) is 10.1 Å². The van der Waals surface area contributed by atoms with E-state index in [1.807, 2.05) is 30.3 Å². The molecule has 0 saturated carbocycles. The number of hydrogen-bond acceptors (Lipinski definition) is 3. The Bertz CT molecular complexity index is 571. The molecule has 0 amide bonds. The van der Waals surface area contributed by atoms with E-state index < -0.39 is 0 Å². The van der Waals surface area contributed by atoms with Crippen LogP contribution in [0.15, 0.2) is 42.6 Å². The monoisotopic (exact) mass is 257 g/mol. The topological polar surface area (TPSA) is 50.9 Å². The van der Waals surface area contributed by atoms with E-state index in [0.29, 0.717) is 0 Å². The Kier molecular flexibility index (Phi) is 3.17. The van der Waals surface area contributed by atoms with Crippen molar-refractivity contribution in [2.75, 3.05) is 11.9 Å². The molecule has 2 aromatic rings. The molecule has 3 N–H and O–H groups in total. The first kappa shape index (κ1) is 12.1. The van der Waals surface area contributed by atoms with Crippen molar-refractivity contribution in [1.82, 2.24) is 4.98 Å². The van der Waals surface area contributed by atoms with Crippen LogP contribution < -0.4 is 11.1 Å². The van der Waals surface area contributed by atoms with Gasteiger partial charge in [0.05, 0.1) is 17.6 Å². The Labute approximate surface area is 111 Å². The number of aromatic nitrogens is 1. The minimum atomic E-state index is -0.308. The van der Waals surface area contributed by atoms with Crippen LogP contribution in [0, 0.1) is 11.7 Å². The summed E-state index contributed by atoms with van der Waals surface area (Å²) in [6, 6.07) is 11.5. The van der Waals surface area contributed by atoms with Gasteiger partial charge in [-0.2, -0.15) is 0 Å². The Morgan fingerprint density at radius 1 is 1.32 bits per heavy atom. The summed E-state index contributed by atoms with van der Waals surface area (Å²) in [7, 11) is 0. The van der Waals surface area contributed by atoms with Crippen molar-refractivity contribution < 1.29 is 4.39 Å². The highest BCUT2D eigenvalue weighted by Gasteiger charge is 2.25. The van der Waals surface area contributed by atoms with Gasteiger partial charge in [0, 0.05) is 24.6 Å². The van der Waals surface area contributed by atoms with Gasteiger partial charge in [0.2, 0.25) is 0 Å². The lowest BCUT2D eigenvalue weighted by molar-refractivity contribution is 0.434. The molecule has 0 aliphatic carbocycles. The molecule has 0 spiro atoms. The normalized spacial score (nSPS) is 19.4. The number of halogens is 1. The quantitative estimate of drug-likeness (QED) is 0.869. The average Bonchev–Trinajstić information content (AvgIpc) is 2.47. The molecule has 1 aromatic carbocycles. The van der Waals surface area contributed by atoms with E-state index in [4.69, 9.17) is 5.73 Å². The Morgan fingerprint density at radius 3 is 2.89 bits per heavy atom.